The van der Waals surface area contributed by atoms with Gasteiger partial charge in [-0.1, -0.05) is 12.1 Å². The van der Waals surface area contributed by atoms with E-state index >= 15 is 0 Å². The third-order valence-corrected chi connectivity index (χ3v) is 1.83. The van der Waals surface area contributed by atoms with Crippen LogP contribution in [0.5, 0.6) is 5.75 Å². The van der Waals surface area contributed by atoms with Gasteiger partial charge in [-0.05, 0) is 18.2 Å². The summed E-state index contributed by atoms with van der Waals surface area (Å²) >= 11 is 0. The lowest BCUT2D eigenvalue weighted by Gasteiger charge is -2.02. The summed E-state index contributed by atoms with van der Waals surface area (Å²) in [6, 6.07) is 9.78. The Bertz CT molecular complexity index is 476. The molecule has 1 amide bonds. The highest BCUT2D eigenvalue weighted by Crippen LogP contribution is 2.22. The molecule has 1 aromatic heterocycles. The summed E-state index contributed by atoms with van der Waals surface area (Å²) in [5, 5.41) is 8.25. The number of primary amides is 1. The number of carboxylic acid groups (broad SMARTS) is 1. The maximum Gasteiger partial charge on any atom is 0.402 e. The number of hydrogen-bond donors (Lipinski definition) is 2. The summed E-state index contributed by atoms with van der Waals surface area (Å²) in [4.78, 5) is 13.0. The zero-order chi connectivity index (χ0) is 12.0. The van der Waals surface area contributed by atoms with Gasteiger partial charge in [0.1, 0.15) is 5.75 Å². The van der Waals surface area contributed by atoms with Crippen LogP contribution in [0.15, 0.2) is 36.5 Å². The Balaban J connectivity index is 0.000000280. The molecule has 2 aromatic rings. The first-order valence-corrected chi connectivity index (χ1v) is 4.51. The van der Waals surface area contributed by atoms with Crippen molar-refractivity contribution in [2.24, 2.45) is 5.73 Å². The molecule has 0 saturated heterocycles. The molecule has 2 rings (SSSR count). The van der Waals surface area contributed by atoms with Gasteiger partial charge in [-0.25, -0.2) is 4.79 Å². The second-order valence-corrected chi connectivity index (χ2v) is 2.87. The van der Waals surface area contributed by atoms with Crippen LogP contribution in [0.1, 0.15) is 0 Å². The van der Waals surface area contributed by atoms with Gasteiger partial charge in [-0.2, -0.15) is 0 Å². The van der Waals surface area contributed by atoms with Gasteiger partial charge in [0.25, 0.3) is 0 Å². The van der Waals surface area contributed by atoms with Crippen LogP contribution in [-0.2, 0) is 0 Å². The Labute approximate surface area is 92.5 Å². The number of ether oxygens (including phenoxy) is 1. The molecule has 5 nitrogen and oxygen atoms in total. The van der Waals surface area contributed by atoms with E-state index in [1.807, 2.05) is 30.3 Å². The minimum atomic E-state index is -1.33. The zero-order valence-corrected chi connectivity index (χ0v) is 8.75. The van der Waals surface area contributed by atoms with Gasteiger partial charge in [0, 0.05) is 11.6 Å². The lowest BCUT2D eigenvalue weighted by atomic mass is 10.2. The van der Waals surface area contributed by atoms with E-state index in [9.17, 15) is 0 Å². The van der Waals surface area contributed by atoms with Crippen molar-refractivity contribution in [3.63, 3.8) is 0 Å². The van der Waals surface area contributed by atoms with Gasteiger partial charge < -0.3 is 15.6 Å². The Morgan fingerprint density at radius 2 is 2.00 bits per heavy atom. The first kappa shape index (κ1) is 11.8. The van der Waals surface area contributed by atoms with Crippen molar-refractivity contribution >= 4 is 17.0 Å². The van der Waals surface area contributed by atoms with Crippen LogP contribution in [0.4, 0.5) is 4.79 Å². The molecule has 1 aromatic carbocycles. The van der Waals surface area contributed by atoms with E-state index in [2.05, 4.69) is 10.7 Å². The van der Waals surface area contributed by atoms with Crippen LogP contribution >= 0.6 is 0 Å². The number of nitrogens with two attached hydrogens (primary N) is 1. The molecule has 0 unspecified atom stereocenters. The Morgan fingerprint density at radius 3 is 2.62 bits per heavy atom. The van der Waals surface area contributed by atoms with Crippen LogP contribution < -0.4 is 10.5 Å². The number of nitrogens with zero attached hydrogens (tertiary/aromatic N) is 1. The fourth-order valence-electron chi connectivity index (χ4n) is 1.25. The van der Waals surface area contributed by atoms with Crippen LogP contribution in [0.3, 0.4) is 0 Å². The fourth-order valence-corrected chi connectivity index (χ4v) is 1.25. The van der Waals surface area contributed by atoms with Crippen molar-refractivity contribution in [1.82, 2.24) is 4.98 Å². The molecule has 16 heavy (non-hydrogen) atoms. The van der Waals surface area contributed by atoms with Gasteiger partial charge in [-0.15, -0.1) is 0 Å². The Kier molecular flexibility index (Phi) is 4.08. The molecule has 0 radical (unpaired) electrons. The summed E-state index contributed by atoms with van der Waals surface area (Å²) in [5.41, 5.74) is 5.00. The number of carbonyl (C=O) groups is 1. The standard InChI is InChI=1S/C10H9NO.CH3NO2/c1-12-10-6-7-11-9-5-3-2-4-8(9)10;2-1(3)4/h2-7H,1H3;2H2,(H,3,4). The summed E-state index contributed by atoms with van der Waals surface area (Å²) in [6.07, 6.45) is 0.418. The number of amides is 1. The van der Waals surface area contributed by atoms with Crippen LogP contribution in [0.25, 0.3) is 10.9 Å². The molecule has 84 valence electrons. The third kappa shape index (κ3) is 3.13. The van der Waals surface area contributed by atoms with Crippen LogP contribution in [0.2, 0.25) is 0 Å². The molecule has 0 atom stereocenters. The van der Waals surface area contributed by atoms with Gasteiger partial charge in [-0.3, -0.25) is 4.98 Å². The number of methoxy groups -OCH3 is 1. The summed E-state index contributed by atoms with van der Waals surface area (Å²) < 4.78 is 5.19. The Hall–Kier alpha value is -2.30. The second kappa shape index (κ2) is 5.55. The average molecular weight is 220 g/mol. The van der Waals surface area contributed by atoms with Crippen molar-refractivity contribution < 1.29 is 14.6 Å². The molecule has 0 spiro atoms. The highest BCUT2D eigenvalue weighted by atomic mass is 16.5. The number of pyridine rings is 1. The second-order valence-electron chi connectivity index (χ2n) is 2.87. The predicted molar refractivity (Wildman–Crippen MR) is 60.5 cm³/mol. The smallest absolute Gasteiger partial charge is 0.402 e. The normalized spacial score (nSPS) is 9.06. The average Bonchev–Trinajstić information content (AvgIpc) is 2.27. The van der Waals surface area contributed by atoms with Gasteiger partial charge in [0.05, 0.1) is 12.6 Å². The molecular formula is C11H12N2O3. The lowest BCUT2D eigenvalue weighted by molar-refractivity contribution is 0.205. The molecule has 0 aliphatic heterocycles. The molecule has 0 saturated carbocycles. The monoisotopic (exact) mass is 220 g/mol. The number of rotatable bonds is 1. The van der Waals surface area contributed by atoms with Gasteiger partial charge in [0.2, 0.25) is 0 Å². The number of benzene rings is 1. The number of hydrogen-bond acceptors (Lipinski definition) is 3. The highest BCUT2D eigenvalue weighted by molar-refractivity contribution is 5.84. The number of fused-ring (bicyclic) bond motifs is 1. The molecule has 1 heterocycles. The maximum absolute atomic E-state index is 8.78. The SMILES string of the molecule is COc1ccnc2ccccc12.NC(=O)O. The minimum absolute atomic E-state index is 0.876. The van der Waals surface area contributed by atoms with E-state index < -0.39 is 6.09 Å². The van der Waals surface area contributed by atoms with Crippen LogP contribution in [0, 0.1) is 0 Å². The lowest BCUT2D eigenvalue weighted by Crippen LogP contribution is -2.03. The number of para-hydroxylation sites is 1. The summed E-state index contributed by atoms with van der Waals surface area (Å²) in [7, 11) is 1.67. The Morgan fingerprint density at radius 1 is 1.38 bits per heavy atom. The molecule has 3 N–H and O–H groups in total. The molecular weight excluding hydrogens is 208 g/mol. The van der Waals surface area contributed by atoms with Crippen molar-refractivity contribution in [2.45, 2.75) is 0 Å². The summed E-state index contributed by atoms with van der Waals surface area (Å²) in [6.45, 7) is 0. The number of aromatic nitrogens is 1. The van der Waals surface area contributed by atoms with Crippen molar-refractivity contribution in [1.29, 1.82) is 0 Å². The molecule has 0 aliphatic carbocycles. The summed E-state index contributed by atoms with van der Waals surface area (Å²) in [5.74, 6) is 0.876. The fraction of sp³-hybridized carbons (Fsp3) is 0.0909. The first-order valence-electron chi connectivity index (χ1n) is 4.51. The van der Waals surface area contributed by atoms with E-state index in [0.29, 0.717) is 0 Å². The van der Waals surface area contributed by atoms with E-state index in [-0.39, 0.29) is 0 Å². The largest absolute Gasteiger partial charge is 0.496 e. The van der Waals surface area contributed by atoms with E-state index in [0.717, 1.165) is 16.7 Å². The van der Waals surface area contributed by atoms with E-state index in [1.54, 1.807) is 13.3 Å². The maximum atomic E-state index is 8.78. The van der Waals surface area contributed by atoms with Crippen molar-refractivity contribution in [3.05, 3.63) is 36.5 Å². The molecule has 0 fully saturated rings. The molecule has 0 aliphatic rings. The van der Waals surface area contributed by atoms with Crippen LogP contribution in [-0.4, -0.2) is 23.3 Å². The topological polar surface area (TPSA) is 85.4 Å². The van der Waals surface area contributed by atoms with E-state index in [1.165, 1.54) is 0 Å². The van der Waals surface area contributed by atoms with Crippen molar-refractivity contribution in [2.75, 3.05) is 7.11 Å². The molecule has 0 bridgehead atoms. The first-order chi connectivity index (χ1) is 7.65. The van der Waals surface area contributed by atoms with Gasteiger partial charge in [0.15, 0.2) is 0 Å². The zero-order valence-electron chi connectivity index (χ0n) is 8.75. The third-order valence-electron chi connectivity index (χ3n) is 1.83. The predicted octanol–water partition coefficient (Wildman–Crippen LogP) is 1.87. The molecule has 5 heteroatoms. The van der Waals surface area contributed by atoms with Crippen molar-refractivity contribution in [3.8, 4) is 5.75 Å². The van der Waals surface area contributed by atoms with E-state index in [4.69, 9.17) is 14.6 Å². The minimum Gasteiger partial charge on any atom is -0.496 e. The quantitative estimate of drug-likeness (QED) is 0.768. The van der Waals surface area contributed by atoms with Gasteiger partial charge >= 0.3 is 6.09 Å². The highest BCUT2D eigenvalue weighted by Gasteiger charge is 1.98.